The zero-order chi connectivity index (χ0) is 26.3. The highest BCUT2D eigenvalue weighted by molar-refractivity contribution is 6.19. The highest BCUT2D eigenvalue weighted by Crippen LogP contribution is 2.45. The Bertz CT molecular complexity index is 781. The number of amides is 8. The van der Waals surface area contributed by atoms with Gasteiger partial charge in [-0.05, 0) is 37.5 Å². The van der Waals surface area contributed by atoms with E-state index in [1.54, 1.807) is 0 Å². The van der Waals surface area contributed by atoms with Crippen molar-refractivity contribution in [1.82, 2.24) is 21.3 Å². The lowest BCUT2D eigenvalue weighted by Gasteiger charge is -2.41. The third-order valence-electron chi connectivity index (χ3n) is 8.30. The SMILES string of the molecule is CCCCCC1(CC2CCC(CC3(CCCCC)C(=O)NC(=O)NC3=O)CC2)C(=O)NC(=O)NC1=O. The van der Waals surface area contributed by atoms with Gasteiger partial charge in [0.25, 0.3) is 0 Å². The summed E-state index contributed by atoms with van der Waals surface area (Å²) in [5.41, 5.74) is -2.49. The Morgan fingerprint density at radius 3 is 1.14 bits per heavy atom. The molecule has 36 heavy (non-hydrogen) atoms. The normalized spacial score (nSPS) is 25.6. The van der Waals surface area contributed by atoms with Crippen molar-refractivity contribution in [2.75, 3.05) is 0 Å². The molecule has 2 aliphatic heterocycles. The molecule has 8 amide bonds. The maximum atomic E-state index is 12.9. The Morgan fingerprint density at radius 2 is 0.861 bits per heavy atom. The highest BCUT2D eigenvalue weighted by Gasteiger charge is 2.53. The van der Waals surface area contributed by atoms with Gasteiger partial charge in [0.2, 0.25) is 23.6 Å². The molecule has 10 nitrogen and oxygen atoms in total. The molecule has 0 spiro atoms. The second-order valence-corrected chi connectivity index (χ2v) is 10.8. The predicted octanol–water partition coefficient (Wildman–Crippen LogP) is 3.44. The van der Waals surface area contributed by atoms with Crippen molar-refractivity contribution in [3.05, 3.63) is 0 Å². The van der Waals surface area contributed by atoms with Crippen LogP contribution in [0.2, 0.25) is 0 Å². The van der Waals surface area contributed by atoms with Crippen molar-refractivity contribution in [3.8, 4) is 0 Å². The van der Waals surface area contributed by atoms with Gasteiger partial charge in [-0.2, -0.15) is 0 Å². The van der Waals surface area contributed by atoms with Crippen molar-refractivity contribution < 1.29 is 28.8 Å². The number of barbiturate groups is 2. The highest BCUT2D eigenvalue weighted by atomic mass is 16.2. The Balaban J connectivity index is 1.67. The molecule has 0 radical (unpaired) electrons. The van der Waals surface area contributed by atoms with Crippen LogP contribution in [0, 0.1) is 22.7 Å². The number of carbonyl (C=O) groups is 6. The summed E-state index contributed by atoms with van der Waals surface area (Å²) in [6.45, 7) is 4.10. The average Bonchev–Trinajstić information content (AvgIpc) is 2.82. The van der Waals surface area contributed by atoms with Crippen LogP contribution in [0.3, 0.4) is 0 Å². The molecule has 10 heteroatoms. The number of unbranched alkanes of at least 4 members (excludes halogenated alkanes) is 4. The fraction of sp³-hybridized carbons (Fsp3) is 0.769. The summed E-state index contributed by atoms with van der Waals surface area (Å²) in [5, 5.41) is 9.19. The van der Waals surface area contributed by atoms with Crippen LogP contribution in [-0.4, -0.2) is 35.7 Å². The first-order chi connectivity index (χ1) is 17.2. The second-order valence-electron chi connectivity index (χ2n) is 10.8. The molecule has 0 atom stereocenters. The van der Waals surface area contributed by atoms with E-state index in [-0.39, 0.29) is 11.8 Å². The standard InChI is InChI=1S/C26H40N4O6/c1-3-5-7-13-25(19(31)27-23(35)28-20(25)32)15-17-9-11-18(12-10-17)16-26(14-8-6-4-2)21(33)29-24(36)30-22(26)34/h17-18H,3-16H2,1-2H3,(H2,27,28,31,32,35)(H2,29,30,33,34,36). The molecule has 2 saturated heterocycles. The fourth-order valence-electron chi connectivity index (χ4n) is 6.17. The lowest BCUT2D eigenvalue weighted by atomic mass is 9.65. The number of urea groups is 2. The van der Waals surface area contributed by atoms with Crippen LogP contribution < -0.4 is 21.3 Å². The largest absolute Gasteiger partial charge is 0.328 e. The fourth-order valence-corrected chi connectivity index (χ4v) is 6.17. The topological polar surface area (TPSA) is 151 Å². The maximum absolute atomic E-state index is 12.9. The van der Waals surface area contributed by atoms with Gasteiger partial charge < -0.3 is 0 Å². The van der Waals surface area contributed by atoms with Crippen LogP contribution in [0.1, 0.15) is 104 Å². The third-order valence-corrected chi connectivity index (χ3v) is 8.30. The molecular formula is C26H40N4O6. The van der Waals surface area contributed by atoms with Crippen LogP contribution >= 0.6 is 0 Å². The van der Waals surface area contributed by atoms with Crippen molar-refractivity contribution in [2.45, 2.75) is 104 Å². The Morgan fingerprint density at radius 1 is 0.556 bits per heavy atom. The molecule has 1 aliphatic carbocycles. The minimum Gasteiger partial charge on any atom is -0.277 e. The van der Waals surface area contributed by atoms with Crippen molar-refractivity contribution in [3.63, 3.8) is 0 Å². The molecule has 0 bridgehead atoms. The molecule has 3 aliphatic rings. The Hall–Kier alpha value is -2.78. The van der Waals surface area contributed by atoms with Crippen molar-refractivity contribution in [1.29, 1.82) is 0 Å². The quantitative estimate of drug-likeness (QED) is 0.236. The minimum atomic E-state index is -1.24. The first-order valence-electron chi connectivity index (χ1n) is 13.5. The molecule has 2 heterocycles. The summed E-state index contributed by atoms with van der Waals surface area (Å²) >= 11 is 0. The summed E-state index contributed by atoms with van der Waals surface area (Å²) in [7, 11) is 0. The number of hydrogen-bond acceptors (Lipinski definition) is 6. The van der Waals surface area contributed by atoms with E-state index >= 15 is 0 Å². The van der Waals surface area contributed by atoms with E-state index in [0.29, 0.717) is 25.7 Å². The van der Waals surface area contributed by atoms with Crippen LogP contribution in [0.4, 0.5) is 9.59 Å². The molecule has 0 aromatic rings. The molecule has 3 fully saturated rings. The van der Waals surface area contributed by atoms with Gasteiger partial charge in [-0.25, -0.2) is 9.59 Å². The first kappa shape index (κ1) is 27.8. The van der Waals surface area contributed by atoms with Gasteiger partial charge in [0, 0.05) is 0 Å². The van der Waals surface area contributed by atoms with E-state index in [1.807, 2.05) is 0 Å². The number of nitrogens with one attached hydrogen (secondary N) is 4. The number of imide groups is 4. The second kappa shape index (κ2) is 12.0. The smallest absolute Gasteiger partial charge is 0.277 e. The van der Waals surface area contributed by atoms with Gasteiger partial charge >= 0.3 is 12.1 Å². The minimum absolute atomic E-state index is 0.124. The molecule has 200 valence electrons. The van der Waals surface area contributed by atoms with Gasteiger partial charge in [0.1, 0.15) is 10.8 Å². The van der Waals surface area contributed by atoms with Crippen LogP contribution in [0.15, 0.2) is 0 Å². The molecule has 1 saturated carbocycles. The summed E-state index contributed by atoms with van der Waals surface area (Å²) in [4.78, 5) is 74.9. The van der Waals surface area contributed by atoms with Crippen LogP contribution in [-0.2, 0) is 19.2 Å². The van der Waals surface area contributed by atoms with Crippen LogP contribution in [0.5, 0.6) is 0 Å². The van der Waals surface area contributed by atoms with Crippen LogP contribution in [0.25, 0.3) is 0 Å². The molecular weight excluding hydrogens is 464 g/mol. The first-order valence-corrected chi connectivity index (χ1v) is 13.5. The summed E-state index contributed by atoms with van der Waals surface area (Å²) in [5.74, 6) is -1.79. The Kier molecular flexibility index (Phi) is 9.24. The predicted molar refractivity (Wildman–Crippen MR) is 131 cm³/mol. The summed E-state index contributed by atoms with van der Waals surface area (Å²) in [6, 6.07) is -1.54. The monoisotopic (exact) mass is 504 g/mol. The van der Waals surface area contributed by atoms with E-state index < -0.39 is 46.5 Å². The molecule has 0 unspecified atom stereocenters. The van der Waals surface area contributed by atoms with Gasteiger partial charge in [-0.1, -0.05) is 78.1 Å². The van der Waals surface area contributed by atoms with E-state index in [1.165, 1.54) is 0 Å². The molecule has 3 rings (SSSR count). The van der Waals surface area contributed by atoms with Gasteiger partial charge in [0.15, 0.2) is 0 Å². The number of rotatable bonds is 12. The zero-order valence-corrected chi connectivity index (χ0v) is 21.5. The van der Waals surface area contributed by atoms with E-state index in [9.17, 15) is 28.8 Å². The summed E-state index contributed by atoms with van der Waals surface area (Å²) < 4.78 is 0. The van der Waals surface area contributed by atoms with Gasteiger partial charge in [-0.15, -0.1) is 0 Å². The van der Waals surface area contributed by atoms with Gasteiger partial charge in [0.05, 0.1) is 0 Å². The van der Waals surface area contributed by atoms with Gasteiger partial charge in [-0.3, -0.25) is 40.4 Å². The molecule has 4 N–H and O–H groups in total. The van der Waals surface area contributed by atoms with E-state index in [0.717, 1.165) is 64.2 Å². The number of carbonyl (C=O) groups excluding carboxylic acids is 6. The lowest BCUT2D eigenvalue weighted by molar-refractivity contribution is -0.149. The average molecular weight is 505 g/mol. The lowest BCUT2D eigenvalue weighted by Crippen LogP contribution is -2.63. The van der Waals surface area contributed by atoms with E-state index in [2.05, 4.69) is 35.1 Å². The van der Waals surface area contributed by atoms with Crippen molar-refractivity contribution in [2.24, 2.45) is 22.7 Å². The summed E-state index contributed by atoms with van der Waals surface area (Å²) in [6.07, 6.45) is 9.79. The Labute approximate surface area is 212 Å². The van der Waals surface area contributed by atoms with E-state index in [4.69, 9.17) is 0 Å². The zero-order valence-electron chi connectivity index (χ0n) is 21.5. The van der Waals surface area contributed by atoms with Crippen molar-refractivity contribution >= 4 is 35.7 Å². The number of hydrogen-bond donors (Lipinski definition) is 4. The third kappa shape index (κ3) is 5.95. The maximum Gasteiger partial charge on any atom is 0.328 e. The molecule has 0 aromatic heterocycles. The molecule has 0 aromatic carbocycles.